The Labute approximate surface area is 158 Å². The minimum absolute atomic E-state index is 0. The van der Waals surface area contributed by atoms with E-state index in [1.807, 2.05) is 18.4 Å². The van der Waals surface area contributed by atoms with Crippen LogP contribution in [0.25, 0.3) is 0 Å². The molecule has 3 N–H and O–H groups in total. The topological polar surface area (TPSA) is 63.3 Å². The fourth-order valence-electron chi connectivity index (χ4n) is 2.67. The predicted octanol–water partition coefficient (Wildman–Crippen LogP) is 3.84. The predicted molar refractivity (Wildman–Crippen MR) is 109 cm³/mol. The summed E-state index contributed by atoms with van der Waals surface area (Å²) in [5.41, 5.74) is 11.0. The molecule has 23 heavy (non-hydrogen) atoms. The monoisotopic (exact) mass is 440 g/mol. The minimum atomic E-state index is 0. The molecule has 1 heterocycles. The number of aromatic nitrogens is 1. The van der Waals surface area contributed by atoms with Gasteiger partial charge in [-0.3, -0.25) is 0 Å². The molecule has 0 aliphatic heterocycles. The van der Waals surface area contributed by atoms with Gasteiger partial charge in [-0.15, -0.1) is 35.7 Å². The number of aryl methyl sites for hydroxylation is 2. The molecule has 0 spiro atoms. The molecule has 0 bridgehead atoms. The van der Waals surface area contributed by atoms with Crippen molar-refractivity contribution in [2.24, 2.45) is 10.7 Å². The Morgan fingerprint density at radius 2 is 2.09 bits per heavy atom. The van der Waals surface area contributed by atoms with E-state index < -0.39 is 0 Å². The largest absolute Gasteiger partial charge is 0.370 e. The van der Waals surface area contributed by atoms with Gasteiger partial charge in [-0.2, -0.15) is 0 Å². The number of guanidine groups is 1. The normalized spacial score (nSPS) is 13.3. The Morgan fingerprint density at radius 1 is 1.26 bits per heavy atom. The third-order valence-electron chi connectivity index (χ3n) is 3.81. The van der Waals surface area contributed by atoms with E-state index in [0.29, 0.717) is 12.5 Å². The van der Waals surface area contributed by atoms with Crippen LogP contribution in [0.5, 0.6) is 0 Å². The summed E-state index contributed by atoms with van der Waals surface area (Å²) in [5.74, 6) is 0.445. The van der Waals surface area contributed by atoms with E-state index in [9.17, 15) is 0 Å². The maximum Gasteiger partial charge on any atom is 0.193 e. The summed E-state index contributed by atoms with van der Waals surface area (Å²) < 4.78 is 0. The first kappa shape index (κ1) is 18.1. The number of rotatable bonds is 4. The van der Waals surface area contributed by atoms with Crippen molar-refractivity contribution >= 4 is 47.4 Å². The molecule has 4 nitrogen and oxygen atoms in total. The van der Waals surface area contributed by atoms with Gasteiger partial charge in [-0.05, 0) is 66.5 Å². The molecular formula is C17H21IN4S. The highest BCUT2D eigenvalue weighted by Gasteiger charge is 2.10. The van der Waals surface area contributed by atoms with E-state index in [2.05, 4.69) is 33.5 Å². The molecule has 0 amide bonds. The maximum absolute atomic E-state index is 5.99. The average molecular weight is 440 g/mol. The minimum Gasteiger partial charge on any atom is -0.370 e. The van der Waals surface area contributed by atoms with Gasteiger partial charge in [-0.1, -0.05) is 6.07 Å². The van der Waals surface area contributed by atoms with Crippen molar-refractivity contribution in [3.05, 3.63) is 53.2 Å². The number of hydrogen-bond donors (Lipinski definition) is 2. The van der Waals surface area contributed by atoms with Crippen molar-refractivity contribution in [1.82, 2.24) is 4.98 Å². The maximum atomic E-state index is 5.99. The summed E-state index contributed by atoms with van der Waals surface area (Å²) in [6, 6.07) is 10.4. The van der Waals surface area contributed by atoms with Crippen molar-refractivity contribution in [3.63, 3.8) is 0 Å². The van der Waals surface area contributed by atoms with Gasteiger partial charge in [0.1, 0.15) is 0 Å². The number of hydrogen-bond acceptors (Lipinski definition) is 3. The smallest absolute Gasteiger partial charge is 0.193 e. The number of fused-ring (bicyclic) bond motifs is 1. The van der Waals surface area contributed by atoms with Gasteiger partial charge in [0, 0.05) is 11.9 Å². The van der Waals surface area contributed by atoms with Gasteiger partial charge in [-0.25, -0.2) is 9.98 Å². The third kappa shape index (κ3) is 4.84. The lowest BCUT2D eigenvalue weighted by Gasteiger charge is -2.08. The number of nitrogens with one attached hydrogen (secondary N) is 1. The second-order valence-electron chi connectivity index (χ2n) is 5.37. The molecule has 0 atom stereocenters. The van der Waals surface area contributed by atoms with E-state index in [1.165, 1.54) is 24.0 Å². The standard InChI is InChI=1S/C17H20N4S.HI/c1-22-16-9-12(7-8-19-16)11-20-17(18)21-15-6-5-13-3-2-4-14(13)10-15;/h5-10H,2-4,11H2,1H3,(H3,18,20,21);1H. The highest BCUT2D eigenvalue weighted by Crippen LogP contribution is 2.24. The molecule has 0 saturated heterocycles. The summed E-state index contributed by atoms with van der Waals surface area (Å²) >= 11 is 1.62. The number of aliphatic imine (C=N–C) groups is 1. The van der Waals surface area contributed by atoms with Crippen LogP contribution in [0.15, 0.2) is 46.5 Å². The molecule has 6 heteroatoms. The van der Waals surface area contributed by atoms with Gasteiger partial charge >= 0.3 is 0 Å². The number of nitrogens with two attached hydrogens (primary N) is 1. The van der Waals surface area contributed by atoms with Crippen molar-refractivity contribution in [2.45, 2.75) is 30.8 Å². The number of pyridine rings is 1. The Bertz CT molecular complexity index is 703. The van der Waals surface area contributed by atoms with E-state index in [0.717, 1.165) is 22.7 Å². The van der Waals surface area contributed by atoms with Gasteiger partial charge in [0.2, 0.25) is 0 Å². The lowest BCUT2D eigenvalue weighted by molar-refractivity contribution is 0.912. The summed E-state index contributed by atoms with van der Waals surface area (Å²) in [5, 5.41) is 4.18. The highest BCUT2D eigenvalue weighted by atomic mass is 127. The van der Waals surface area contributed by atoms with E-state index >= 15 is 0 Å². The molecule has 122 valence electrons. The average Bonchev–Trinajstić information content (AvgIpc) is 3.01. The van der Waals surface area contributed by atoms with Gasteiger partial charge in [0.25, 0.3) is 0 Å². The van der Waals surface area contributed by atoms with Crippen LogP contribution in [0.4, 0.5) is 5.69 Å². The van der Waals surface area contributed by atoms with Crippen LogP contribution in [0.2, 0.25) is 0 Å². The summed E-state index contributed by atoms with van der Waals surface area (Å²) in [4.78, 5) is 8.66. The van der Waals surface area contributed by atoms with Crippen LogP contribution < -0.4 is 11.1 Å². The number of nitrogens with zero attached hydrogens (tertiary/aromatic N) is 2. The number of benzene rings is 1. The van der Waals surface area contributed by atoms with E-state index in [4.69, 9.17) is 5.73 Å². The molecule has 0 radical (unpaired) electrons. The van der Waals surface area contributed by atoms with Gasteiger partial charge < -0.3 is 11.1 Å². The zero-order valence-electron chi connectivity index (χ0n) is 13.1. The molecule has 0 unspecified atom stereocenters. The SMILES string of the molecule is CSc1cc(CN=C(N)Nc2ccc3c(c2)CCC3)ccn1.I. The summed E-state index contributed by atoms with van der Waals surface area (Å²) in [7, 11) is 0. The Balaban J connectivity index is 0.00000192. The molecule has 2 aromatic rings. The molecule has 1 aromatic heterocycles. The fourth-order valence-corrected chi connectivity index (χ4v) is 3.11. The first-order chi connectivity index (χ1) is 10.7. The van der Waals surface area contributed by atoms with Crippen LogP contribution in [0, 0.1) is 0 Å². The third-order valence-corrected chi connectivity index (χ3v) is 4.45. The van der Waals surface area contributed by atoms with Crippen molar-refractivity contribution in [2.75, 3.05) is 11.6 Å². The molecule has 1 aromatic carbocycles. The summed E-state index contributed by atoms with van der Waals surface area (Å²) in [6.07, 6.45) is 7.43. The lowest BCUT2D eigenvalue weighted by Crippen LogP contribution is -2.22. The van der Waals surface area contributed by atoms with Crippen LogP contribution in [0.1, 0.15) is 23.1 Å². The molecule has 0 fully saturated rings. The van der Waals surface area contributed by atoms with Crippen LogP contribution in [-0.2, 0) is 19.4 Å². The van der Waals surface area contributed by atoms with Gasteiger partial charge in [0.05, 0.1) is 11.6 Å². The van der Waals surface area contributed by atoms with E-state index in [-0.39, 0.29) is 24.0 Å². The number of anilines is 1. The van der Waals surface area contributed by atoms with Gasteiger partial charge in [0.15, 0.2) is 5.96 Å². The number of thioether (sulfide) groups is 1. The molecule has 1 aliphatic rings. The van der Waals surface area contributed by atoms with Crippen LogP contribution >= 0.6 is 35.7 Å². The second kappa shape index (κ2) is 8.54. The van der Waals surface area contributed by atoms with Crippen molar-refractivity contribution in [1.29, 1.82) is 0 Å². The zero-order valence-corrected chi connectivity index (χ0v) is 16.2. The second-order valence-corrected chi connectivity index (χ2v) is 6.20. The quantitative estimate of drug-likeness (QED) is 0.328. The summed E-state index contributed by atoms with van der Waals surface area (Å²) in [6.45, 7) is 0.555. The molecule has 0 saturated carbocycles. The Morgan fingerprint density at radius 3 is 2.91 bits per heavy atom. The Kier molecular flexibility index (Phi) is 6.71. The molecule has 3 rings (SSSR count). The van der Waals surface area contributed by atoms with Crippen LogP contribution in [0.3, 0.4) is 0 Å². The highest BCUT2D eigenvalue weighted by molar-refractivity contribution is 14.0. The zero-order chi connectivity index (χ0) is 15.4. The number of halogens is 1. The fraction of sp³-hybridized carbons (Fsp3) is 0.294. The first-order valence-corrected chi connectivity index (χ1v) is 8.65. The van der Waals surface area contributed by atoms with Crippen molar-refractivity contribution in [3.8, 4) is 0 Å². The Hall–Kier alpha value is -1.28. The lowest BCUT2D eigenvalue weighted by atomic mass is 10.1. The van der Waals surface area contributed by atoms with Crippen molar-refractivity contribution < 1.29 is 0 Å². The van der Waals surface area contributed by atoms with Crippen LogP contribution in [-0.4, -0.2) is 17.2 Å². The first-order valence-electron chi connectivity index (χ1n) is 7.42. The van der Waals surface area contributed by atoms with E-state index in [1.54, 1.807) is 18.0 Å². The molecular weight excluding hydrogens is 419 g/mol. The molecule has 1 aliphatic carbocycles.